The van der Waals surface area contributed by atoms with E-state index >= 15 is 0 Å². The Hall–Kier alpha value is -2.48. The van der Waals surface area contributed by atoms with E-state index in [4.69, 9.17) is 10.2 Å². The number of halogens is 2. The molecule has 2 aromatic rings. The minimum Gasteiger partial charge on any atom is -0.476 e. The van der Waals surface area contributed by atoms with Crippen LogP contribution < -0.4 is 4.74 Å². The highest BCUT2D eigenvalue weighted by Gasteiger charge is 2.18. The minimum atomic E-state index is -3.00. The number of aliphatic hydroxyl groups is 1. The van der Waals surface area contributed by atoms with E-state index < -0.39 is 12.6 Å². The highest BCUT2D eigenvalue weighted by atomic mass is 19.3. The van der Waals surface area contributed by atoms with Gasteiger partial charge in [-0.25, -0.2) is 9.48 Å². The third-order valence-corrected chi connectivity index (χ3v) is 2.70. The van der Waals surface area contributed by atoms with E-state index in [2.05, 4.69) is 9.84 Å². The van der Waals surface area contributed by atoms with Crippen LogP contribution in [0.1, 0.15) is 16.1 Å². The van der Waals surface area contributed by atoms with Gasteiger partial charge in [-0.2, -0.15) is 13.9 Å². The maximum Gasteiger partial charge on any atom is 0.387 e. The number of hydrogen-bond donors (Lipinski definition) is 2. The number of aliphatic hydroxyl groups excluding tert-OH is 1. The Morgan fingerprint density at radius 2 is 2.10 bits per heavy atom. The number of carboxylic acids is 1. The topological polar surface area (TPSA) is 84.6 Å². The Morgan fingerprint density at radius 1 is 1.38 bits per heavy atom. The summed E-state index contributed by atoms with van der Waals surface area (Å²) in [6.45, 7) is -3.25. The summed E-state index contributed by atoms with van der Waals surface area (Å²) >= 11 is 0. The van der Waals surface area contributed by atoms with Crippen LogP contribution in [0.4, 0.5) is 8.78 Å². The Morgan fingerprint density at radius 3 is 2.71 bits per heavy atom. The zero-order valence-corrected chi connectivity index (χ0v) is 10.7. The number of carboxylic acid groups (broad SMARTS) is 1. The smallest absolute Gasteiger partial charge is 0.387 e. The van der Waals surface area contributed by atoms with Crippen molar-refractivity contribution >= 4 is 5.97 Å². The lowest BCUT2D eigenvalue weighted by molar-refractivity contribution is -0.0499. The molecule has 0 spiro atoms. The maximum atomic E-state index is 12.4. The predicted octanol–water partition coefficient (Wildman–Crippen LogP) is 1.71. The number of ether oxygens (including phenoxy) is 1. The highest BCUT2D eigenvalue weighted by Crippen LogP contribution is 2.25. The maximum absolute atomic E-state index is 12.4. The Balaban J connectivity index is 2.47. The number of para-hydroxylation sites is 2. The average molecular weight is 298 g/mol. The fourth-order valence-electron chi connectivity index (χ4n) is 1.86. The van der Waals surface area contributed by atoms with Gasteiger partial charge in [-0.15, -0.1) is 0 Å². The molecule has 1 aromatic carbocycles. The standard InChI is InChI=1S/C13H12F2N2O4/c14-13(15)21-10-4-2-1-3-9(10)17-7-8(5-6-18)11(16-17)12(19)20/h1-4,7,13,18H,5-6H2,(H,19,20). The van der Waals surface area contributed by atoms with Gasteiger partial charge in [0.15, 0.2) is 11.4 Å². The first-order valence-electron chi connectivity index (χ1n) is 6.00. The zero-order valence-electron chi connectivity index (χ0n) is 10.7. The molecule has 0 bridgehead atoms. The molecular formula is C13H12F2N2O4. The third-order valence-electron chi connectivity index (χ3n) is 2.70. The van der Waals surface area contributed by atoms with Gasteiger partial charge in [0.25, 0.3) is 0 Å². The molecule has 8 heteroatoms. The van der Waals surface area contributed by atoms with E-state index in [1.165, 1.54) is 24.4 Å². The van der Waals surface area contributed by atoms with Crippen molar-refractivity contribution in [3.05, 3.63) is 41.7 Å². The molecule has 2 N–H and O–H groups in total. The van der Waals surface area contributed by atoms with E-state index in [0.717, 1.165) is 4.68 Å². The molecule has 112 valence electrons. The van der Waals surface area contributed by atoms with Crippen molar-refractivity contribution in [1.82, 2.24) is 9.78 Å². The summed E-state index contributed by atoms with van der Waals surface area (Å²) in [5, 5.41) is 21.8. The normalized spacial score (nSPS) is 10.9. The number of aromatic carboxylic acids is 1. The van der Waals surface area contributed by atoms with E-state index in [0.29, 0.717) is 5.56 Å². The average Bonchev–Trinajstić information content (AvgIpc) is 2.83. The van der Waals surface area contributed by atoms with E-state index in [9.17, 15) is 13.6 Å². The summed E-state index contributed by atoms with van der Waals surface area (Å²) in [6, 6.07) is 5.90. The molecule has 0 aliphatic carbocycles. The van der Waals surface area contributed by atoms with Crippen molar-refractivity contribution in [1.29, 1.82) is 0 Å². The van der Waals surface area contributed by atoms with Crippen molar-refractivity contribution in [3.8, 4) is 11.4 Å². The Bertz CT molecular complexity index is 643. The van der Waals surface area contributed by atoms with Crippen LogP contribution in [0.5, 0.6) is 5.75 Å². The van der Waals surface area contributed by atoms with E-state index in [1.807, 2.05) is 0 Å². The van der Waals surface area contributed by atoms with E-state index in [-0.39, 0.29) is 30.2 Å². The summed E-state index contributed by atoms with van der Waals surface area (Å²) in [6.07, 6.45) is 1.47. The van der Waals surface area contributed by atoms with Gasteiger partial charge < -0.3 is 14.9 Å². The van der Waals surface area contributed by atoms with Crippen LogP contribution in [-0.4, -0.2) is 39.2 Å². The minimum absolute atomic E-state index is 0.0967. The molecule has 0 saturated carbocycles. The van der Waals surface area contributed by atoms with Crippen molar-refractivity contribution < 1.29 is 28.5 Å². The molecule has 0 aliphatic heterocycles. The molecule has 0 saturated heterocycles. The second-order valence-corrected chi connectivity index (χ2v) is 4.07. The molecule has 0 fully saturated rings. The molecule has 21 heavy (non-hydrogen) atoms. The fourth-order valence-corrected chi connectivity index (χ4v) is 1.86. The highest BCUT2D eigenvalue weighted by molar-refractivity contribution is 5.87. The molecule has 0 radical (unpaired) electrons. The summed E-state index contributed by atoms with van der Waals surface area (Å²) in [5.41, 5.74) is 0.247. The number of aromatic nitrogens is 2. The predicted molar refractivity (Wildman–Crippen MR) is 67.9 cm³/mol. The second-order valence-electron chi connectivity index (χ2n) is 4.07. The lowest BCUT2D eigenvalue weighted by Gasteiger charge is -2.09. The van der Waals surface area contributed by atoms with Gasteiger partial charge >= 0.3 is 12.6 Å². The zero-order chi connectivity index (χ0) is 15.4. The fraction of sp³-hybridized carbons (Fsp3) is 0.231. The summed E-state index contributed by atoms with van der Waals surface area (Å²) in [4.78, 5) is 11.1. The molecule has 1 heterocycles. The van der Waals surface area contributed by atoms with Gasteiger partial charge in [-0.05, 0) is 18.6 Å². The van der Waals surface area contributed by atoms with Gasteiger partial charge in [0.05, 0.1) is 0 Å². The van der Waals surface area contributed by atoms with E-state index in [1.54, 1.807) is 6.07 Å². The van der Waals surface area contributed by atoms with Crippen LogP contribution in [0.3, 0.4) is 0 Å². The van der Waals surface area contributed by atoms with Gasteiger partial charge in [0.2, 0.25) is 0 Å². The molecule has 0 unspecified atom stereocenters. The number of alkyl halides is 2. The van der Waals surface area contributed by atoms with Crippen LogP contribution in [0, 0.1) is 0 Å². The van der Waals surface area contributed by atoms with Crippen molar-refractivity contribution in [3.63, 3.8) is 0 Å². The molecule has 0 amide bonds. The summed E-state index contributed by atoms with van der Waals surface area (Å²) < 4.78 is 30.3. The van der Waals surface area contributed by atoms with Crippen LogP contribution in [0.25, 0.3) is 5.69 Å². The van der Waals surface area contributed by atoms with Crippen LogP contribution in [0.15, 0.2) is 30.5 Å². The Labute approximate surface area is 118 Å². The van der Waals surface area contributed by atoms with Gasteiger partial charge in [0.1, 0.15) is 5.69 Å². The second kappa shape index (κ2) is 6.31. The molecule has 0 atom stereocenters. The van der Waals surface area contributed by atoms with Gasteiger partial charge in [-0.1, -0.05) is 12.1 Å². The number of rotatable bonds is 6. The number of carbonyl (C=O) groups is 1. The van der Waals surface area contributed by atoms with Crippen LogP contribution in [-0.2, 0) is 6.42 Å². The lowest BCUT2D eigenvalue weighted by Crippen LogP contribution is -2.07. The van der Waals surface area contributed by atoms with Gasteiger partial charge in [0, 0.05) is 18.4 Å². The number of nitrogens with zero attached hydrogens (tertiary/aromatic N) is 2. The molecule has 1 aromatic heterocycles. The molecule has 2 rings (SSSR count). The van der Waals surface area contributed by atoms with Crippen molar-refractivity contribution in [2.75, 3.05) is 6.61 Å². The van der Waals surface area contributed by atoms with Crippen LogP contribution in [0.2, 0.25) is 0 Å². The lowest BCUT2D eigenvalue weighted by atomic mass is 10.2. The molecule has 6 nitrogen and oxygen atoms in total. The largest absolute Gasteiger partial charge is 0.476 e. The molecular weight excluding hydrogens is 286 g/mol. The van der Waals surface area contributed by atoms with Crippen molar-refractivity contribution in [2.45, 2.75) is 13.0 Å². The number of hydrogen-bond acceptors (Lipinski definition) is 4. The SMILES string of the molecule is O=C(O)c1nn(-c2ccccc2OC(F)F)cc1CCO. The molecule has 0 aliphatic rings. The van der Waals surface area contributed by atoms with Crippen LogP contribution >= 0.6 is 0 Å². The number of benzene rings is 1. The Kier molecular flexibility index (Phi) is 4.49. The third kappa shape index (κ3) is 3.34. The monoisotopic (exact) mass is 298 g/mol. The van der Waals surface area contributed by atoms with Gasteiger partial charge in [-0.3, -0.25) is 0 Å². The first-order valence-corrected chi connectivity index (χ1v) is 6.00. The summed E-state index contributed by atoms with van der Waals surface area (Å²) in [7, 11) is 0. The first-order chi connectivity index (χ1) is 10.0. The quantitative estimate of drug-likeness (QED) is 0.848. The first kappa shape index (κ1) is 14.9. The van der Waals surface area contributed by atoms with Crippen molar-refractivity contribution in [2.24, 2.45) is 0 Å². The summed E-state index contributed by atoms with van der Waals surface area (Å²) in [5.74, 6) is -1.38.